The number of hydrogen-bond acceptors (Lipinski definition) is 2. The van der Waals surface area contributed by atoms with Crippen LogP contribution in [0.1, 0.15) is 37.3 Å². The van der Waals surface area contributed by atoms with E-state index in [0.717, 1.165) is 6.42 Å². The minimum atomic E-state index is -0.488. The Morgan fingerprint density at radius 2 is 1.40 bits per heavy atom. The highest BCUT2D eigenvalue weighted by Gasteiger charge is 2.26. The molecule has 0 atom stereocenters. The van der Waals surface area contributed by atoms with E-state index < -0.39 is 5.60 Å². The molecular weight excluding hydrogens is 248 g/mol. The molecule has 0 heterocycles. The van der Waals surface area contributed by atoms with E-state index in [2.05, 4.69) is 24.3 Å². The van der Waals surface area contributed by atoms with Crippen LogP contribution in [0, 0.1) is 0 Å². The highest BCUT2D eigenvalue weighted by molar-refractivity contribution is 5.39. The van der Waals surface area contributed by atoms with Crippen molar-refractivity contribution >= 4 is 6.47 Å². The summed E-state index contributed by atoms with van der Waals surface area (Å²) in [6.07, 6.45) is 0.750. The van der Waals surface area contributed by atoms with Gasteiger partial charge in [-0.3, -0.25) is 4.79 Å². The molecule has 0 aliphatic heterocycles. The second-order valence-corrected chi connectivity index (χ2v) is 5.55. The van der Waals surface area contributed by atoms with Gasteiger partial charge in [-0.15, -0.1) is 0 Å². The standard InChI is InChI=1S/C18H20O2/c1-18(2,20-14-19)13-17(15-9-5-3-6-10-15)16-11-7-4-8-12-16/h3-12,14,17H,13H2,1-2H3. The summed E-state index contributed by atoms with van der Waals surface area (Å²) in [5.41, 5.74) is 1.99. The van der Waals surface area contributed by atoms with Crippen LogP contribution in [0.2, 0.25) is 0 Å². The highest BCUT2D eigenvalue weighted by Crippen LogP contribution is 2.33. The molecule has 2 heteroatoms. The van der Waals surface area contributed by atoms with E-state index in [0.29, 0.717) is 6.47 Å². The summed E-state index contributed by atoms with van der Waals surface area (Å²) in [6, 6.07) is 20.7. The fourth-order valence-corrected chi connectivity index (χ4v) is 2.47. The van der Waals surface area contributed by atoms with E-state index >= 15 is 0 Å². The number of benzene rings is 2. The van der Waals surface area contributed by atoms with Crippen LogP contribution in [-0.2, 0) is 9.53 Å². The van der Waals surface area contributed by atoms with Gasteiger partial charge >= 0.3 is 0 Å². The first-order valence-electron chi connectivity index (χ1n) is 6.84. The van der Waals surface area contributed by atoms with Crippen LogP contribution in [0.15, 0.2) is 60.7 Å². The zero-order valence-corrected chi connectivity index (χ0v) is 12.0. The van der Waals surface area contributed by atoms with Gasteiger partial charge in [0.25, 0.3) is 6.47 Å². The molecule has 0 radical (unpaired) electrons. The number of hydrogen-bond donors (Lipinski definition) is 0. The fourth-order valence-electron chi connectivity index (χ4n) is 2.47. The second kappa shape index (κ2) is 6.38. The van der Waals surface area contributed by atoms with Crippen molar-refractivity contribution in [1.82, 2.24) is 0 Å². The Bertz CT molecular complexity index is 492. The first-order valence-corrected chi connectivity index (χ1v) is 6.84. The lowest BCUT2D eigenvalue weighted by molar-refractivity contribution is -0.141. The van der Waals surface area contributed by atoms with E-state index in [1.165, 1.54) is 11.1 Å². The summed E-state index contributed by atoms with van der Waals surface area (Å²) in [5.74, 6) is 0.215. The minimum absolute atomic E-state index is 0.215. The molecule has 0 fully saturated rings. The highest BCUT2D eigenvalue weighted by atomic mass is 16.5. The summed E-state index contributed by atoms with van der Waals surface area (Å²) < 4.78 is 5.22. The van der Waals surface area contributed by atoms with Crippen LogP contribution < -0.4 is 0 Å². The van der Waals surface area contributed by atoms with Crippen molar-refractivity contribution in [2.24, 2.45) is 0 Å². The molecule has 0 spiro atoms. The molecule has 0 bridgehead atoms. The van der Waals surface area contributed by atoms with Crippen molar-refractivity contribution in [1.29, 1.82) is 0 Å². The zero-order valence-electron chi connectivity index (χ0n) is 12.0. The topological polar surface area (TPSA) is 26.3 Å². The molecule has 2 aromatic carbocycles. The molecule has 0 saturated heterocycles. The summed E-state index contributed by atoms with van der Waals surface area (Å²) >= 11 is 0. The Kier molecular flexibility index (Phi) is 4.57. The molecule has 2 aromatic rings. The van der Waals surface area contributed by atoms with Crippen LogP contribution in [0.4, 0.5) is 0 Å². The van der Waals surface area contributed by atoms with Crippen LogP contribution in [-0.4, -0.2) is 12.1 Å². The molecule has 0 unspecified atom stereocenters. The van der Waals surface area contributed by atoms with Gasteiger partial charge in [0, 0.05) is 5.92 Å². The van der Waals surface area contributed by atoms with Gasteiger partial charge in [-0.25, -0.2) is 0 Å². The smallest absolute Gasteiger partial charge is 0.293 e. The predicted octanol–water partition coefficient (Wildman–Crippen LogP) is 4.16. The lowest BCUT2D eigenvalue weighted by atomic mass is 9.83. The molecule has 20 heavy (non-hydrogen) atoms. The van der Waals surface area contributed by atoms with Crippen LogP contribution >= 0.6 is 0 Å². The third kappa shape index (κ3) is 3.70. The summed E-state index contributed by atoms with van der Waals surface area (Å²) in [4.78, 5) is 10.7. The molecular formula is C18H20O2. The molecule has 0 amide bonds. The summed E-state index contributed by atoms with van der Waals surface area (Å²) in [6.45, 7) is 4.42. The number of carbonyl (C=O) groups is 1. The third-order valence-corrected chi connectivity index (χ3v) is 3.47. The van der Waals surface area contributed by atoms with Gasteiger partial charge in [-0.2, -0.15) is 0 Å². The van der Waals surface area contributed by atoms with Crippen molar-refractivity contribution in [2.75, 3.05) is 0 Å². The fraction of sp³-hybridized carbons (Fsp3) is 0.278. The average molecular weight is 268 g/mol. The van der Waals surface area contributed by atoms with Crippen molar-refractivity contribution in [3.63, 3.8) is 0 Å². The summed E-state index contributed by atoms with van der Waals surface area (Å²) in [7, 11) is 0. The molecule has 0 saturated carbocycles. The average Bonchev–Trinajstić information content (AvgIpc) is 2.47. The lowest BCUT2D eigenvalue weighted by Gasteiger charge is -2.29. The first kappa shape index (κ1) is 14.3. The van der Waals surface area contributed by atoms with Gasteiger partial charge in [0.15, 0.2) is 0 Å². The maximum atomic E-state index is 10.7. The third-order valence-electron chi connectivity index (χ3n) is 3.47. The van der Waals surface area contributed by atoms with E-state index in [4.69, 9.17) is 4.74 Å². The van der Waals surface area contributed by atoms with Crippen molar-refractivity contribution in [3.8, 4) is 0 Å². The quantitative estimate of drug-likeness (QED) is 0.735. The molecule has 0 N–H and O–H groups in total. The van der Waals surface area contributed by atoms with E-state index in [9.17, 15) is 4.79 Å². The maximum absolute atomic E-state index is 10.7. The number of carbonyl (C=O) groups excluding carboxylic acids is 1. The lowest BCUT2D eigenvalue weighted by Crippen LogP contribution is -2.27. The Hall–Kier alpha value is -2.09. The van der Waals surface area contributed by atoms with E-state index in [-0.39, 0.29) is 5.92 Å². The van der Waals surface area contributed by atoms with Crippen LogP contribution in [0.25, 0.3) is 0 Å². The van der Waals surface area contributed by atoms with E-state index in [1.54, 1.807) is 0 Å². The largest absolute Gasteiger partial charge is 0.462 e. The van der Waals surface area contributed by atoms with Gasteiger partial charge in [0.05, 0.1) is 0 Å². The molecule has 2 nitrogen and oxygen atoms in total. The Morgan fingerprint density at radius 3 is 1.80 bits per heavy atom. The van der Waals surface area contributed by atoms with Gasteiger partial charge in [0.1, 0.15) is 5.60 Å². The van der Waals surface area contributed by atoms with Crippen molar-refractivity contribution < 1.29 is 9.53 Å². The van der Waals surface area contributed by atoms with Gasteiger partial charge in [-0.05, 0) is 31.4 Å². The second-order valence-electron chi connectivity index (χ2n) is 5.55. The summed E-state index contributed by atoms with van der Waals surface area (Å²) in [5, 5.41) is 0. The van der Waals surface area contributed by atoms with Gasteiger partial charge in [-0.1, -0.05) is 60.7 Å². The number of ether oxygens (including phenoxy) is 1. The van der Waals surface area contributed by atoms with Crippen molar-refractivity contribution in [3.05, 3.63) is 71.8 Å². The molecule has 104 valence electrons. The Labute approximate surface area is 120 Å². The molecule has 0 aromatic heterocycles. The zero-order chi connectivity index (χ0) is 14.4. The van der Waals surface area contributed by atoms with E-state index in [1.807, 2.05) is 50.2 Å². The minimum Gasteiger partial charge on any atom is -0.462 e. The SMILES string of the molecule is CC(C)(CC(c1ccccc1)c1ccccc1)OC=O. The van der Waals surface area contributed by atoms with Gasteiger partial charge < -0.3 is 4.74 Å². The maximum Gasteiger partial charge on any atom is 0.293 e. The monoisotopic (exact) mass is 268 g/mol. The molecule has 0 aliphatic rings. The van der Waals surface area contributed by atoms with Crippen LogP contribution in [0.5, 0.6) is 0 Å². The molecule has 0 aliphatic carbocycles. The normalized spacial score (nSPS) is 11.3. The predicted molar refractivity (Wildman–Crippen MR) is 80.6 cm³/mol. The number of rotatable bonds is 6. The Morgan fingerprint density at radius 1 is 0.950 bits per heavy atom. The molecule has 2 rings (SSSR count). The first-order chi connectivity index (χ1) is 9.62. The van der Waals surface area contributed by atoms with Crippen molar-refractivity contribution in [2.45, 2.75) is 31.8 Å². The Balaban J connectivity index is 2.33. The van der Waals surface area contributed by atoms with Crippen LogP contribution in [0.3, 0.4) is 0 Å². The van der Waals surface area contributed by atoms with Gasteiger partial charge in [0.2, 0.25) is 0 Å².